The van der Waals surface area contributed by atoms with Gasteiger partial charge in [-0.1, -0.05) is 26.8 Å². The van der Waals surface area contributed by atoms with Crippen LogP contribution in [0.3, 0.4) is 0 Å². The quantitative estimate of drug-likeness (QED) is 0.757. The van der Waals surface area contributed by atoms with Gasteiger partial charge < -0.3 is 4.74 Å². The van der Waals surface area contributed by atoms with Crippen molar-refractivity contribution in [3.05, 3.63) is 35.4 Å². The topological polar surface area (TPSA) is 26.3 Å². The monoisotopic (exact) mass is 259 g/mol. The lowest BCUT2D eigenvalue weighted by Crippen LogP contribution is -2.20. The second-order valence-electron chi connectivity index (χ2n) is 5.11. The summed E-state index contributed by atoms with van der Waals surface area (Å²) in [6, 6.07) is 5.37. The Morgan fingerprint density at radius 3 is 2.44 bits per heavy atom. The van der Waals surface area contributed by atoms with Crippen molar-refractivity contribution < 1.29 is 22.7 Å². The van der Waals surface area contributed by atoms with Crippen LogP contribution >= 0.6 is 0 Å². The minimum atomic E-state index is -4.58. The predicted molar refractivity (Wildman–Crippen MR) is 60.0 cm³/mol. The summed E-state index contributed by atoms with van der Waals surface area (Å²) in [6.45, 7) is 5.52. The van der Waals surface area contributed by atoms with Gasteiger partial charge in [0, 0.05) is 0 Å². The van der Waals surface area contributed by atoms with Crippen molar-refractivity contribution in [2.24, 2.45) is 5.41 Å². The van der Waals surface area contributed by atoms with Gasteiger partial charge in [-0.05, 0) is 23.6 Å². The normalized spacial score (nSPS) is 12.3. The van der Waals surface area contributed by atoms with Crippen LogP contribution in [-0.4, -0.2) is 12.6 Å². The zero-order chi connectivity index (χ0) is 14.0. The van der Waals surface area contributed by atoms with E-state index in [-0.39, 0.29) is 12.0 Å². The van der Waals surface area contributed by atoms with Crippen LogP contribution in [0.25, 0.3) is 0 Å². The molecule has 99 valence electrons. The third-order valence-corrected chi connectivity index (χ3v) is 2.03. The van der Waals surface area contributed by atoms with Crippen LogP contribution in [0, 0.1) is 11.5 Å². The molecule has 18 heavy (non-hydrogen) atoms. The van der Waals surface area contributed by atoms with Crippen molar-refractivity contribution >= 4 is 5.97 Å². The van der Waals surface area contributed by atoms with E-state index < -0.39 is 23.3 Å². The van der Waals surface area contributed by atoms with E-state index in [0.29, 0.717) is 0 Å². The summed E-state index contributed by atoms with van der Waals surface area (Å²) in [7, 11) is 0. The molecule has 0 aliphatic rings. The molecule has 0 aliphatic heterocycles. The molecule has 0 spiro atoms. The predicted octanol–water partition coefficient (Wildman–Crippen LogP) is 3.71. The summed E-state index contributed by atoms with van der Waals surface area (Å²) in [5, 5.41) is 0. The van der Waals surface area contributed by atoms with Crippen molar-refractivity contribution in [2.75, 3.05) is 6.61 Å². The van der Waals surface area contributed by atoms with E-state index in [4.69, 9.17) is 4.74 Å². The molecule has 0 saturated heterocycles. The molecule has 0 fully saturated rings. The number of hydrogen-bond acceptors (Lipinski definition) is 2. The minimum absolute atomic E-state index is 0.0536. The summed E-state index contributed by atoms with van der Waals surface area (Å²) >= 11 is 0. The molecule has 0 amide bonds. The average Bonchev–Trinajstić information content (AvgIpc) is 2.24. The van der Waals surface area contributed by atoms with Gasteiger partial charge in [0.2, 0.25) is 0 Å². The van der Waals surface area contributed by atoms with Gasteiger partial charge in [-0.2, -0.15) is 13.2 Å². The molecular formula is C13H14F3O2. The largest absolute Gasteiger partial charge is 0.462 e. The summed E-state index contributed by atoms with van der Waals surface area (Å²) in [5.74, 6) is -0.978. The van der Waals surface area contributed by atoms with Crippen LogP contribution < -0.4 is 0 Å². The van der Waals surface area contributed by atoms with Gasteiger partial charge in [0.05, 0.1) is 17.7 Å². The van der Waals surface area contributed by atoms with Crippen molar-refractivity contribution in [3.63, 3.8) is 0 Å². The van der Waals surface area contributed by atoms with Crippen LogP contribution in [0.1, 0.15) is 36.7 Å². The number of esters is 1. The third kappa shape index (κ3) is 4.05. The van der Waals surface area contributed by atoms with E-state index in [0.717, 1.165) is 18.2 Å². The van der Waals surface area contributed by atoms with Gasteiger partial charge in [0.25, 0.3) is 0 Å². The zero-order valence-electron chi connectivity index (χ0n) is 10.4. The zero-order valence-corrected chi connectivity index (χ0v) is 10.4. The Balaban J connectivity index is 2.93. The van der Waals surface area contributed by atoms with Crippen molar-refractivity contribution in [3.8, 4) is 0 Å². The highest BCUT2D eigenvalue weighted by Crippen LogP contribution is 2.32. The third-order valence-electron chi connectivity index (χ3n) is 2.03. The maximum Gasteiger partial charge on any atom is 0.417 e. The molecule has 0 bridgehead atoms. The molecule has 1 rings (SSSR count). The van der Waals surface area contributed by atoms with Crippen LogP contribution in [-0.2, 0) is 10.9 Å². The lowest BCUT2D eigenvalue weighted by molar-refractivity contribution is -0.138. The molecular weight excluding hydrogens is 245 g/mol. The first-order valence-electron chi connectivity index (χ1n) is 5.36. The van der Waals surface area contributed by atoms with Crippen LogP contribution in [0.4, 0.5) is 13.2 Å². The molecule has 1 aromatic rings. The molecule has 0 N–H and O–H groups in total. The molecule has 0 atom stereocenters. The molecule has 2 nitrogen and oxygen atoms in total. The molecule has 0 saturated carbocycles. The fourth-order valence-corrected chi connectivity index (χ4v) is 1.21. The van der Waals surface area contributed by atoms with Gasteiger partial charge in [0.15, 0.2) is 0 Å². The number of carbonyl (C=O) groups is 1. The lowest BCUT2D eigenvalue weighted by atomic mass is 9.98. The molecule has 5 heteroatoms. The fourth-order valence-electron chi connectivity index (χ4n) is 1.21. The number of halogens is 3. The number of alkyl halides is 3. The first kappa shape index (κ1) is 14.5. The first-order chi connectivity index (χ1) is 8.11. The van der Waals surface area contributed by atoms with Gasteiger partial charge in [0.1, 0.15) is 0 Å². The van der Waals surface area contributed by atoms with Crippen molar-refractivity contribution in [1.82, 2.24) is 0 Å². The number of benzene rings is 1. The Morgan fingerprint density at radius 2 is 1.94 bits per heavy atom. The highest BCUT2D eigenvalue weighted by Gasteiger charge is 2.35. The fraction of sp³-hybridized carbons (Fsp3) is 0.462. The van der Waals surface area contributed by atoms with Gasteiger partial charge in [-0.3, -0.25) is 0 Å². The Hall–Kier alpha value is -1.52. The SMILES string of the molecule is CC(C)(C)COC(=O)c1c[c]ccc1C(F)(F)F. The summed E-state index contributed by atoms with van der Waals surface area (Å²) in [4.78, 5) is 11.6. The Morgan fingerprint density at radius 1 is 1.33 bits per heavy atom. The van der Waals surface area contributed by atoms with Crippen LogP contribution in [0.15, 0.2) is 18.2 Å². The molecule has 1 radical (unpaired) electrons. The van der Waals surface area contributed by atoms with Crippen molar-refractivity contribution in [1.29, 1.82) is 0 Å². The van der Waals surface area contributed by atoms with Gasteiger partial charge >= 0.3 is 12.1 Å². The highest BCUT2D eigenvalue weighted by atomic mass is 19.4. The highest BCUT2D eigenvalue weighted by molar-refractivity contribution is 5.91. The molecule has 0 aliphatic carbocycles. The Bertz CT molecular complexity index is 431. The number of rotatable bonds is 2. The number of ether oxygens (including phenoxy) is 1. The molecule has 0 heterocycles. The second-order valence-corrected chi connectivity index (χ2v) is 5.11. The maximum atomic E-state index is 12.7. The lowest BCUT2D eigenvalue weighted by Gasteiger charge is -2.18. The number of carbonyl (C=O) groups excluding carboxylic acids is 1. The van der Waals surface area contributed by atoms with E-state index >= 15 is 0 Å². The van der Waals surface area contributed by atoms with E-state index in [1.807, 2.05) is 20.8 Å². The van der Waals surface area contributed by atoms with E-state index in [9.17, 15) is 18.0 Å². The standard InChI is InChI=1S/C13H14F3O2/c1-12(2,3)8-18-11(17)9-6-4-5-7-10(9)13(14,15)16/h5-7H,8H2,1-3H3. The summed E-state index contributed by atoms with van der Waals surface area (Å²) in [5.41, 5.74) is -1.80. The minimum Gasteiger partial charge on any atom is -0.462 e. The van der Waals surface area contributed by atoms with Crippen LogP contribution in [0.5, 0.6) is 0 Å². The Kier molecular flexibility index (Phi) is 4.04. The smallest absolute Gasteiger partial charge is 0.417 e. The first-order valence-corrected chi connectivity index (χ1v) is 5.36. The van der Waals surface area contributed by atoms with Crippen molar-refractivity contribution in [2.45, 2.75) is 26.9 Å². The summed E-state index contributed by atoms with van der Waals surface area (Å²) in [6.07, 6.45) is -4.58. The molecule has 0 unspecified atom stereocenters. The number of hydrogen-bond donors (Lipinski definition) is 0. The Labute approximate surface area is 104 Å². The van der Waals surface area contributed by atoms with Gasteiger partial charge in [-0.15, -0.1) is 0 Å². The molecule has 1 aromatic carbocycles. The van der Waals surface area contributed by atoms with E-state index in [2.05, 4.69) is 6.07 Å². The second kappa shape index (κ2) is 5.00. The van der Waals surface area contributed by atoms with Crippen LogP contribution in [0.2, 0.25) is 0 Å². The molecule has 0 aromatic heterocycles. The van der Waals surface area contributed by atoms with E-state index in [1.165, 1.54) is 0 Å². The van der Waals surface area contributed by atoms with Gasteiger partial charge in [-0.25, -0.2) is 4.79 Å². The van der Waals surface area contributed by atoms with E-state index in [1.54, 1.807) is 0 Å². The average molecular weight is 259 g/mol. The summed E-state index contributed by atoms with van der Waals surface area (Å²) < 4.78 is 42.9. The maximum absolute atomic E-state index is 12.7.